The lowest BCUT2D eigenvalue weighted by Gasteiger charge is -2.57. The maximum absolute atomic E-state index is 13.2. The highest BCUT2D eigenvalue weighted by atomic mass is 16.2. The Kier molecular flexibility index (Phi) is 5.14. The molecule has 0 spiro atoms. The number of hydrogen-bond donors (Lipinski definition) is 4. The minimum absolute atomic E-state index is 0.00198. The zero-order valence-electron chi connectivity index (χ0n) is 20.7. The molecule has 188 valence electrons. The van der Waals surface area contributed by atoms with E-state index in [1.807, 2.05) is 0 Å². The Morgan fingerprint density at radius 1 is 0.500 bits per heavy atom. The fraction of sp³-hybridized carbons (Fsp3) is 0.929. The summed E-state index contributed by atoms with van der Waals surface area (Å²) in [7, 11) is 0. The van der Waals surface area contributed by atoms with Gasteiger partial charge >= 0.3 is 12.1 Å². The first-order valence-electron chi connectivity index (χ1n) is 14.6. The standard InChI is InChI=1S/C28H44N4O2/c33-25(31-27-11-17-5-18(12-27)7-19(6-17)13-27)29-23-3-1-2-4-24(23)30-26(34)32-28-14-20-8-21(15-28)10-22(9-20)16-28/h17-24H,1-16H2,(H2,29,31,33)(H2,30,32,34)/t17?,18?,19?,20?,21?,22?,23-,24-,27?,28?/m1/s1. The highest BCUT2D eigenvalue weighted by molar-refractivity contribution is 5.77. The van der Waals surface area contributed by atoms with Gasteiger partial charge in [0.2, 0.25) is 0 Å². The third-order valence-electron chi connectivity index (χ3n) is 11.2. The van der Waals surface area contributed by atoms with E-state index in [9.17, 15) is 9.59 Å². The number of nitrogens with one attached hydrogen (secondary N) is 4. The minimum Gasteiger partial charge on any atom is -0.333 e. The summed E-state index contributed by atoms with van der Waals surface area (Å²) in [4.78, 5) is 26.4. The van der Waals surface area contributed by atoms with Gasteiger partial charge in [0.15, 0.2) is 0 Å². The highest BCUT2D eigenvalue weighted by Gasteiger charge is 2.53. The van der Waals surface area contributed by atoms with Crippen molar-refractivity contribution in [1.29, 1.82) is 0 Å². The lowest BCUT2D eigenvalue weighted by molar-refractivity contribution is -0.0145. The van der Waals surface area contributed by atoms with Gasteiger partial charge in [-0.1, -0.05) is 12.8 Å². The second-order valence-electron chi connectivity index (χ2n) is 14.1. The largest absolute Gasteiger partial charge is 0.333 e. The van der Waals surface area contributed by atoms with Crippen molar-refractivity contribution in [3.8, 4) is 0 Å². The van der Waals surface area contributed by atoms with Crippen LogP contribution in [0.1, 0.15) is 103 Å². The molecule has 0 saturated heterocycles. The summed E-state index contributed by atoms with van der Waals surface area (Å²) in [6.07, 6.45) is 19.5. The molecule has 0 aliphatic heterocycles. The molecule has 9 rings (SSSR count). The highest BCUT2D eigenvalue weighted by Crippen LogP contribution is 2.56. The van der Waals surface area contributed by atoms with Crippen LogP contribution >= 0.6 is 0 Å². The SMILES string of the molecule is O=C(N[C@@H]1CCCC[C@H]1NC(=O)NC12CC3CC(CC(C3)C1)C2)NC12CC3CC(CC(C3)C1)C2. The molecule has 0 aromatic carbocycles. The van der Waals surface area contributed by atoms with Crippen LogP contribution in [0.5, 0.6) is 0 Å². The summed E-state index contributed by atoms with van der Waals surface area (Å²) in [5.74, 6) is 4.94. The second kappa shape index (κ2) is 8.03. The van der Waals surface area contributed by atoms with Crippen LogP contribution in [0.3, 0.4) is 0 Å². The Balaban J connectivity index is 0.961. The first-order valence-corrected chi connectivity index (χ1v) is 14.6. The van der Waals surface area contributed by atoms with E-state index in [1.54, 1.807) is 0 Å². The van der Waals surface area contributed by atoms with Gasteiger partial charge in [0.05, 0.1) is 12.1 Å². The molecule has 6 heteroatoms. The number of carbonyl (C=O) groups excluding carboxylic acids is 2. The average Bonchev–Trinajstić information content (AvgIpc) is 2.72. The Labute approximate surface area is 204 Å². The van der Waals surface area contributed by atoms with Crippen LogP contribution in [0, 0.1) is 35.5 Å². The molecular weight excluding hydrogens is 424 g/mol. The first kappa shape index (κ1) is 21.8. The molecule has 9 fully saturated rings. The lowest BCUT2D eigenvalue weighted by Crippen LogP contribution is -2.65. The second-order valence-corrected chi connectivity index (χ2v) is 14.1. The van der Waals surface area contributed by atoms with Crippen molar-refractivity contribution in [3.63, 3.8) is 0 Å². The van der Waals surface area contributed by atoms with E-state index in [4.69, 9.17) is 0 Å². The van der Waals surface area contributed by atoms with E-state index < -0.39 is 0 Å². The van der Waals surface area contributed by atoms with E-state index in [1.165, 1.54) is 77.0 Å². The number of rotatable bonds is 4. The van der Waals surface area contributed by atoms with E-state index >= 15 is 0 Å². The van der Waals surface area contributed by atoms with E-state index in [-0.39, 0.29) is 35.2 Å². The van der Waals surface area contributed by atoms with Crippen molar-refractivity contribution in [2.45, 2.75) is 126 Å². The minimum atomic E-state index is 0.00198. The molecule has 4 N–H and O–H groups in total. The monoisotopic (exact) mass is 468 g/mol. The predicted molar refractivity (Wildman–Crippen MR) is 131 cm³/mol. The van der Waals surface area contributed by atoms with Crippen LogP contribution in [0.2, 0.25) is 0 Å². The van der Waals surface area contributed by atoms with Crippen LogP contribution < -0.4 is 21.3 Å². The van der Waals surface area contributed by atoms with Gasteiger partial charge in [0, 0.05) is 11.1 Å². The summed E-state index contributed by atoms with van der Waals surface area (Å²) in [5, 5.41) is 13.6. The molecule has 34 heavy (non-hydrogen) atoms. The van der Waals surface area contributed by atoms with Crippen molar-refractivity contribution < 1.29 is 9.59 Å². The Bertz CT molecular complexity index is 702. The molecule has 9 saturated carbocycles. The molecular formula is C28H44N4O2. The molecule has 2 atom stereocenters. The molecule has 0 aromatic rings. The maximum Gasteiger partial charge on any atom is 0.315 e. The van der Waals surface area contributed by atoms with Crippen molar-refractivity contribution >= 4 is 12.1 Å². The molecule has 0 aromatic heterocycles. The summed E-state index contributed by atoms with van der Waals surface area (Å²) in [6.45, 7) is 0. The molecule has 9 aliphatic carbocycles. The third-order valence-corrected chi connectivity index (χ3v) is 11.2. The third kappa shape index (κ3) is 4.01. The van der Waals surface area contributed by atoms with E-state index in [0.717, 1.165) is 61.2 Å². The van der Waals surface area contributed by atoms with Crippen LogP contribution in [0.25, 0.3) is 0 Å². The number of carbonyl (C=O) groups is 2. The van der Waals surface area contributed by atoms with Crippen molar-refractivity contribution in [1.82, 2.24) is 21.3 Å². The van der Waals surface area contributed by atoms with Gasteiger partial charge in [-0.15, -0.1) is 0 Å². The van der Waals surface area contributed by atoms with Gasteiger partial charge in [0.25, 0.3) is 0 Å². The maximum atomic E-state index is 13.2. The normalized spacial score (nSPS) is 50.1. The van der Waals surface area contributed by atoms with Gasteiger partial charge in [0.1, 0.15) is 0 Å². The lowest BCUT2D eigenvalue weighted by atomic mass is 9.53. The quantitative estimate of drug-likeness (QED) is 0.476. The molecule has 4 amide bonds. The van der Waals surface area contributed by atoms with Gasteiger partial charge in [-0.3, -0.25) is 0 Å². The molecule has 0 radical (unpaired) electrons. The Hall–Kier alpha value is -1.46. The van der Waals surface area contributed by atoms with E-state index in [2.05, 4.69) is 21.3 Å². The zero-order chi connectivity index (χ0) is 22.9. The number of urea groups is 2. The average molecular weight is 469 g/mol. The molecule has 8 bridgehead atoms. The van der Waals surface area contributed by atoms with Crippen molar-refractivity contribution in [3.05, 3.63) is 0 Å². The summed E-state index contributed by atoms with van der Waals surface area (Å²) in [6, 6.07) is 0.0684. The van der Waals surface area contributed by atoms with Gasteiger partial charge in [-0.2, -0.15) is 0 Å². The van der Waals surface area contributed by atoms with Crippen LogP contribution in [-0.2, 0) is 0 Å². The number of amides is 4. The fourth-order valence-electron chi connectivity index (χ4n) is 10.9. The van der Waals surface area contributed by atoms with E-state index in [0.29, 0.717) is 0 Å². The fourth-order valence-corrected chi connectivity index (χ4v) is 10.9. The van der Waals surface area contributed by atoms with Crippen molar-refractivity contribution in [2.75, 3.05) is 0 Å². The van der Waals surface area contributed by atoms with Crippen LogP contribution in [-0.4, -0.2) is 35.2 Å². The summed E-state index contributed by atoms with van der Waals surface area (Å²) < 4.78 is 0. The molecule has 0 unspecified atom stereocenters. The van der Waals surface area contributed by atoms with Gasteiger partial charge in [-0.25, -0.2) is 9.59 Å². The van der Waals surface area contributed by atoms with Crippen LogP contribution in [0.4, 0.5) is 9.59 Å². The topological polar surface area (TPSA) is 82.3 Å². The number of hydrogen-bond acceptors (Lipinski definition) is 2. The van der Waals surface area contributed by atoms with Crippen molar-refractivity contribution in [2.24, 2.45) is 35.5 Å². The Morgan fingerprint density at radius 2 is 0.794 bits per heavy atom. The summed E-state index contributed by atoms with van der Waals surface area (Å²) >= 11 is 0. The zero-order valence-corrected chi connectivity index (χ0v) is 20.7. The smallest absolute Gasteiger partial charge is 0.315 e. The molecule has 6 nitrogen and oxygen atoms in total. The summed E-state index contributed by atoms with van der Waals surface area (Å²) in [5.41, 5.74) is 0.0681. The molecule has 9 aliphatic rings. The van der Waals surface area contributed by atoms with Gasteiger partial charge in [-0.05, 0) is 125 Å². The molecule has 0 heterocycles. The van der Waals surface area contributed by atoms with Crippen LogP contribution in [0.15, 0.2) is 0 Å². The Morgan fingerprint density at radius 3 is 1.09 bits per heavy atom. The first-order chi connectivity index (χ1) is 16.4. The van der Waals surface area contributed by atoms with Gasteiger partial charge < -0.3 is 21.3 Å². The predicted octanol–water partition coefficient (Wildman–Crippen LogP) is 4.83.